The van der Waals surface area contributed by atoms with Crippen LogP contribution in [0.25, 0.3) is 0 Å². The molecular formula is C12H15BrO4S. The summed E-state index contributed by atoms with van der Waals surface area (Å²) in [7, 11) is -1.48. The van der Waals surface area contributed by atoms with Gasteiger partial charge in [-0.25, -0.2) is 0 Å². The van der Waals surface area contributed by atoms with Crippen LogP contribution in [0.5, 0.6) is 5.75 Å². The van der Waals surface area contributed by atoms with Crippen molar-refractivity contribution in [2.75, 3.05) is 12.4 Å². The minimum absolute atomic E-state index is 0.186. The van der Waals surface area contributed by atoms with E-state index in [9.17, 15) is 9.00 Å². The highest BCUT2D eigenvalue weighted by atomic mass is 79.9. The summed E-state index contributed by atoms with van der Waals surface area (Å²) in [6.45, 7) is 3.12. The maximum absolute atomic E-state index is 11.8. The molecule has 18 heavy (non-hydrogen) atoms. The lowest BCUT2D eigenvalue weighted by Crippen LogP contribution is -2.38. The van der Waals surface area contributed by atoms with Crippen molar-refractivity contribution in [2.45, 2.75) is 18.6 Å². The number of hydrogen-bond acceptors (Lipinski definition) is 3. The molecule has 0 aliphatic rings. The van der Waals surface area contributed by atoms with Crippen LogP contribution in [0.2, 0.25) is 0 Å². The summed E-state index contributed by atoms with van der Waals surface area (Å²) in [6.07, 6.45) is 0. The molecule has 100 valence electrons. The van der Waals surface area contributed by atoms with Gasteiger partial charge in [0.1, 0.15) is 10.5 Å². The van der Waals surface area contributed by atoms with Crippen molar-refractivity contribution in [1.82, 2.24) is 0 Å². The quantitative estimate of drug-likeness (QED) is 0.867. The van der Waals surface area contributed by atoms with E-state index < -0.39 is 21.5 Å². The van der Waals surface area contributed by atoms with Gasteiger partial charge < -0.3 is 9.84 Å². The van der Waals surface area contributed by atoms with Crippen molar-refractivity contribution in [1.29, 1.82) is 0 Å². The van der Waals surface area contributed by atoms with E-state index in [4.69, 9.17) is 9.84 Å². The van der Waals surface area contributed by atoms with E-state index in [0.29, 0.717) is 5.75 Å². The van der Waals surface area contributed by atoms with Gasteiger partial charge in [0.05, 0.1) is 12.4 Å². The van der Waals surface area contributed by atoms with Crippen LogP contribution < -0.4 is 4.74 Å². The Kier molecular flexibility index (Phi) is 5.34. The van der Waals surface area contributed by atoms with Crippen molar-refractivity contribution in [3.63, 3.8) is 0 Å². The molecule has 0 aromatic heterocycles. The summed E-state index contributed by atoms with van der Waals surface area (Å²) in [5, 5.41) is 8.92. The molecule has 0 saturated carbocycles. The number of hydrogen-bond donors (Lipinski definition) is 1. The average Bonchev–Trinajstić information content (AvgIpc) is 2.28. The number of ether oxygens (including phenoxy) is 1. The Labute approximate surface area is 117 Å². The summed E-state index contributed by atoms with van der Waals surface area (Å²) < 4.78 is 16.9. The summed E-state index contributed by atoms with van der Waals surface area (Å²) in [4.78, 5) is 10.9. The van der Waals surface area contributed by atoms with Crippen LogP contribution in [-0.4, -0.2) is 32.4 Å². The molecule has 1 atom stereocenters. The number of benzene rings is 1. The molecule has 0 fully saturated rings. The van der Waals surface area contributed by atoms with E-state index in [1.807, 2.05) is 12.1 Å². The van der Waals surface area contributed by atoms with Crippen molar-refractivity contribution in [3.05, 3.63) is 28.7 Å². The Balaban J connectivity index is 2.48. The number of halogens is 1. The molecule has 0 radical (unpaired) electrons. The molecule has 1 aromatic carbocycles. The van der Waals surface area contributed by atoms with E-state index >= 15 is 0 Å². The third kappa shape index (κ3) is 4.10. The molecule has 0 aliphatic carbocycles. The van der Waals surface area contributed by atoms with Gasteiger partial charge in [-0.15, -0.1) is 0 Å². The van der Waals surface area contributed by atoms with Crippen LogP contribution >= 0.6 is 15.9 Å². The van der Waals surface area contributed by atoms with Gasteiger partial charge in [0.25, 0.3) is 0 Å². The molecule has 1 aromatic rings. The first-order valence-corrected chi connectivity index (χ1v) is 7.45. The van der Waals surface area contributed by atoms with Gasteiger partial charge in [0.15, 0.2) is 0 Å². The van der Waals surface area contributed by atoms with E-state index in [0.717, 1.165) is 4.47 Å². The van der Waals surface area contributed by atoms with Gasteiger partial charge in [-0.05, 0) is 32.0 Å². The molecule has 1 unspecified atom stereocenters. The van der Waals surface area contributed by atoms with Gasteiger partial charge >= 0.3 is 5.97 Å². The fourth-order valence-corrected chi connectivity index (χ4v) is 2.46. The molecule has 6 heteroatoms. The van der Waals surface area contributed by atoms with E-state index in [2.05, 4.69) is 15.9 Å². The number of rotatable bonds is 6. The fraction of sp³-hybridized carbons (Fsp3) is 0.417. The van der Waals surface area contributed by atoms with Gasteiger partial charge in [0, 0.05) is 15.3 Å². The molecule has 0 bridgehead atoms. The van der Waals surface area contributed by atoms with Crippen molar-refractivity contribution in [3.8, 4) is 5.75 Å². The Bertz CT molecular complexity index is 459. The zero-order valence-corrected chi connectivity index (χ0v) is 12.6. The standard InChI is InChI=1S/C12H15BrO4S/c1-12(2,11(14)15)18(16)7-6-17-10-5-3-4-9(13)8-10/h3-5,8H,6-7H2,1-2H3,(H,14,15). The van der Waals surface area contributed by atoms with Crippen molar-refractivity contribution < 1.29 is 18.8 Å². The SMILES string of the molecule is CC(C)(C(=O)O)S(=O)CCOc1cccc(Br)c1. The lowest BCUT2D eigenvalue weighted by Gasteiger charge is -2.18. The second kappa shape index (κ2) is 6.33. The summed E-state index contributed by atoms with van der Waals surface area (Å²) in [5.74, 6) is -0.218. The highest BCUT2D eigenvalue weighted by Crippen LogP contribution is 2.18. The van der Waals surface area contributed by atoms with Crippen LogP contribution in [0.3, 0.4) is 0 Å². The Morgan fingerprint density at radius 2 is 2.17 bits per heavy atom. The lowest BCUT2D eigenvalue weighted by molar-refractivity contribution is -0.139. The molecule has 1 N–H and O–H groups in total. The predicted octanol–water partition coefficient (Wildman–Crippen LogP) is 2.44. The topological polar surface area (TPSA) is 63.6 Å². The maximum Gasteiger partial charge on any atom is 0.321 e. The first kappa shape index (κ1) is 15.2. The Morgan fingerprint density at radius 1 is 1.50 bits per heavy atom. The lowest BCUT2D eigenvalue weighted by atomic mass is 10.2. The minimum atomic E-state index is -1.48. The highest BCUT2D eigenvalue weighted by molar-refractivity contribution is 9.10. The first-order valence-electron chi connectivity index (χ1n) is 5.34. The van der Waals surface area contributed by atoms with Crippen LogP contribution in [-0.2, 0) is 15.6 Å². The largest absolute Gasteiger partial charge is 0.493 e. The Morgan fingerprint density at radius 3 is 2.72 bits per heavy atom. The summed E-state index contributed by atoms with van der Waals surface area (Å²) in [6, 6.07) is 7.29. The van der Waals surface area contributed by atoms with Crippen LogP contribution in [0.1, 0.15) is 13.8 Å². The second-order valence-electron chi connectivity index (χ2n) is 4.17. The third-order valence-corrected chi connectivity index (χ3v) is 4.76. The van der Waals surface area contributed by atoms with Crippen LogP contribution in [0.4, 0.5) is 0 Å². The number of carbonyl (C=O) groups is 1. The van der Waals surface area contributed by atoms with Crippen LogP contribution in [0, 0.1) is 0 Å². The molecule has 0 heterocycles. The molecule has 0 spiro atoms. The number of aliphatic carboxylic acids is 1. The fourth-order valence-electron chi connectivity index (χ4n) is 1.14. The van der Waals surface area contributed by atoms with Gasteiger partial charge in [-0.2, -0.15) is 0 Å². The summed E-state index contributed by atoms with van der Waals surface area (Å²) >= 11 is 3.32. The molecular weight excluding hydrogens is 320 g/mol. The summed E-state index contributed by atoms with van der Waals surface area (Å²) in [5.41, 5.74) is 0. The minimum Gasteiger partial charge on any atom is -0.493 e. The third-order valence-electron chi connectivity index (χ3n) is 2.42. The molecule has 0 amide bonds. The average molecular weight is 335 g/mol. The molecule has 1 rings (SSSR count). The highest BCUT2D eigenvalue weighted by Gasteiger charge is 2.34. The van der Waals surface area contributed by atoms with E-state index in [1.165, 1.54) is 13.8 Å². The molecule has 0 aliphatic heterocycles. The Hall–Kier alpha value is -0.880. The van der Waals surface area contributed by atoms with Crippen molar-refractivity contribution in [2.24, 2.45) is 0 Å². The maximum atomic E-state index is 11.8. The number of carboxylic acid groups (broad SMARTS) is 1. The zero-order chi connectivity index (χ0) is 13.8. The van der Waals surface area contributed by atoms with E-state index in [-0.39, 0.29) is 12.4 Å². The van der Waals surface area contributed by atoms with Crippen LogP contribution in [0.15, 0.2) is 28.7 Å². The molecule has 4 nitrogen and oxygen atoms in total. The smallest absolute Gasteiger partial charge is 0.321 e. The first-order chi connectivity index (χ1) is 8.34. The van der Waals surface area contributed by atoms with Gasteiger partial charge in [-0.3, -0.25) is 9.00 Å². The van der Waals surface area contributed by atoms with E-state index in [1.54, 1.807) is 12.1 Å². The molecule has 0 saturated heterocycles. The van der Waals surface area contributed by atoms with Gasteiger partial charge in [-0.1, -0.05) is 22.0 Å². The monoisotopic (exact) mass is 334 g/mol. The normalized spacial score (nSPS) is 13.1. The van der Waals surface area contributed by atoms with Gasteiger partial charge in [0.2, 0.25) is 0 Å². The zero-order valence-electron chi connectivity index (χ0n) is 10.2. The second-order valence-corrected chi connectivity index (χ2v) is 7.21. The predicted molar refractivity (Wildman–Crippen MR) is 74.4 cm³/mol. The van der Waals surface area contributed by atoms with Crippen molar-refractivity contribution >= 4 is 32.7 Å². The number of carboxylic acids is 1.